The first-order chi connectivity index (χ1) is 9.51. The molecule has 1 aromatic rings. The van der Waals surface area contributed by atoms with Crippen molar-refractivity contribution in [3.63, 3.8) is 0 Å². The molecule has 2 N–H and O–H groups in total. The molecule has 0 bridgehead atoms. The standard InChI is InChI=1S/C14H25N3O2S/c1-4-6-17-10-13(8-12(17)9-15-3)20(18,19)16-14-7-11(14)5-2/h8,10-11,14-16H,4-7,9H2,1-3H3. The smallest absolute Gasteiger partial charge is 0.242 e. The summed E-state index contributed by atoms with van der Waals surface area (Å²) in [7, 11) is -1.51. The second-order valence-electron chi connectivity index (χ2n) is 5.52. The van der Waals surface area contributed by atoms with E-state index in [0.29, 0.717) is 17.4 Å². The summed E-state index contributed by atoms with van der Waals surface area (Å²) < 4.78 is 29.6. The molecule has 0 spiro atoms. The summed E-state index contributed by atoms with van der Waals surface area (Å²) >= 11 is 0. The molecule has 0 amide bonds. The van der Waals surface area contributed by atoms with Crippen molar-refractivity contribution in [1.82, 2.24) is 14.6 Å². The van der Waals surface area contributed by atoms with Crippen molar-refractivity contribution < 1.29 is 8.42 Å². The summed E-state index contributed by atoms with van der Waals surface area (Å²) in [5.74, 6) is 0.513. The fourth-order valence-electron chi connectivity index (χ4n) is 2.56. The van der Waals surface area contributed by atoms with Crippen LogP contribution in [0, 0.1) is 5.92 Å². The summed E-state index contributed by atoms with van der Waals surface area (Å²) in [6.45, 7) is 5.71. The van der Waals surface area contributed by atoms with Gasteiger partial charge in [-0.3, -0.25) is 0 Å². The van der Waals surface area contributed by atoms with Gasteiger partial charge in [0.2, 0.25) is 10.0 Å². The van der Waals surface area contributed by atoms with E-state index < -0.39 is 10.0 Å². The van der Waals surface area contributed by atoms with Gasteiger partial charge in [0.05, 0.1) is 4.90 Å². The van der Waals surface area contributed by atoms with Gasteiger partial charge in [-0.2, -0.15) is 0 Å². The molecule has 1 aromatic heterocycles. The number of hydrogen-bond donors (Lipinski definition) is 2. The van der Waals surface area contributed by atoms with Gasteiger partial charge in [0.15, 0.2) is 0 Å². The van der Waals surface area contributed by atoms with Crippen molar-refractivity contribution >= 4 is 10.0 Å². The van der Waals surface area contributed by atoms with Crippen molar-refractivity contribution in [3.8, 4) is 0 Å². The fraction of sp³-hybridized carbons (Fsp3) is 0.714. The minimum atomic E-state index is -3.38. The van der Waals surface area contributed by atoms with E-state index in [0.717, 1.165) is 31.5 Å². The Bertz CT molecular complexity index is 527. The van der Waals surface area contributed by atoms with Crippen LogP contribution < -0.4 is 10.0 Å². The maximum Gasteiger partial charge on any atom is 0.242 e. The van der Waals surface area contributed by atoms with Crippen LogP contribution in [0.15, 0.2) is 17.2 Å². The zero-order chi connectivity index (χ0) is 14.8. The molecule has 20 heavy (non-hydrogen) atoms. The van der Waals surface area contributed by atoms with Crippen LogP contribution in [0.25, 0.3) is 0 Å². The van der Waals surface area contributed by atoms with Gasteiger partial charge in [-0.25, -0.2) is 13.1 Å². The molecule has 1 heterocycles. The number of hydrogen-bond acceptors (Lipinski definition) is 3. The molecule has 0 saturated heterocycles. The van der Waals surface area contributed by atoms with Crippen LogP contribution in [-0.2, 0) is 23.1 Å². The molecule has 1 saturated carbocycles. The van der Waals surface area contributed by atoms with Crippen LogP contribution in [-0.4, -0.2) is 26.1 Å². The summed E-state index contributed by atoms with van der Waals surface area (Å²) in [5.41, 5.74) is 1.01. The van der Waals surface area contributed by atoms with Gasteiger partial charge in [0.1, 0.15) is 0 Å². The van der Waals surface area contributed by atoms with Crippen LogP contribution in [0.1, 0.15) is 38.8 Å². The van der Waals surface area contributed by atoms with Gasteiger partial charge < -0.3 is 9.88 Å². The predicted molar refractivity (Wildman–Crippen MR) is 80.0 cm³/mol. The number of aromatic nitrogens is 1. The normalized spacial score (nSPS) is 22.1. The third-order valence-corrected chi connectivity index (χ3v) is 5.30. The Kier molecular flexibility index (Phi) is 4.88. The Morgan fingerprint density at radius 2 is 2.15 bits per heavy atom. The average Bonchev–Trinajstić information content (AvgIpc) is 3.01. The molecule has 2 unspecified atom stereocenters. The van der Waals surface area contributed by atoms with Crippen LogP contribution >= 0.6 is 0 Å². The molecule has 2 rings (SSSR count). The van der Waals surface area contributed by atoms with Gasteiger partial charge in [-0.05, 0) is 31.9 Å². The van der Waals surface area contributed by atoms with E-state index >= 15 is 0 Å². The zero-order valence-corrected chi connectivity index (χ0v) is 13.3. The van der Waals surface area contributed by atoms with E-state index in [1.165, 1.54) is 0 Å². The third-order valence-electron chi connectivity index (χ3n) is 3.85. The van der Waals surface area contributed by atoms with Gasteiger partial charge in [0.25, 0.3) is 0 Å². The summed E-state index contributed by atoms with van der Waals surface area (Å²) in [6, 6.07) is 1.91. The van der Waals surface area contributed by atoms with E-state index in [1.54, 1.807) is 12.3 Å². The van der Waals surface area contributed by atoms with Crippen molar-refractivity contribution in [2.24, 2.45) is 5.92 Å². The third kappa shape index (κ3) is 3.42. The van der Waals surface area contributed by atoms with Gasteiger partial charge >= 0.3 is 0 Å². The highest BCUT2D eigenvalue weighted by Crippen LogP contribution is 2.34. The molecule has 6 heteroatoms. The topological polar surface area (TPSA) is 63.1 Å². The highest BCUT2D eigenvalue weighted by Gasteiger charge is 2.38. The lowest BCUT2D eigenvalue weighted by molar-refractivity contribution is 0.575. The minimum absolute atomic E-state index is 0.132. The first kappa shape index (κ1) is 15.5. The van der Waals surface area contributed by atoms with Gasteiger partial charge in [-0.1, -0.05) is 20.3 Å². The predicted octanol–water partition coefficient (Wildman–Crippen LogP) is 1.69. The lowest BCUT2D eigenvalue weighted by atomic mass is 10.3. The fourth-order valence-corrected chi connectivity index (χ4v) is 3.94. The number of nitrogens with zero attached hydrogens (tertiary/aromatic N) is 1. The Morgan fingerprint density at radius 1 is 1.40 bits per heavy atom. The molecule has 1 fully saturated rings. The highest BCUT2D eigenvalue weighted by atomic mass is 32.2. The lowest BCUT2D eigenvalue weighted by Gasteiger charge is -2.06. The molecule has 0 aliphatic heterocycles. The van der Waals surface area contributed by atoms with Crippen LogP contribution in [0.3, 0.4) is 0 Å². The Morgan fingerprint density at radius 3 is 2.70 bits per heavy atom. The molecule has 5 nitrogen and oxygen atoms in total. The first-order valence-corrected chi connectivity index (χ1v) is 8.86. The minimum Gasteiger partial charge on any atom is -0.349 e. The Balaban J connectivity index is 2.16. The molecule has 114 valence electrons. The van der Waals surface area contributed by atoms with Gasteiger partial charge in [0, 0.05) is 31.0 Å². The Labute approximate surface area is 121 Å². The number of nitrogens with one attached hydrogen (secondary N) is 2. The van der Waals surface area contributed by atoms with Gasteiger partial charge in [-0.15, -0.1) is 0 Å². The summed E-state index contributed by atoms with van der Waals surface area (Å²) in [4.78, 5) is 0.387. The largest absolute Gasteiger partial charge is 0.349 e. The maximum atomic E-state index is 12.4. The number of sulfonamides is 1. The summed E-state index contributed by atoms with van der Waals surface area (Å²) in [6.07, 6.45) is 4.74. The van der Waals surface area contributed by atoms with Crippen molar-refractivity contribution in [2.45, 2.75) is 57.1 Å². The number of rotatable bonds is 8. The van der Waals surface area contributed by atoms with E-state index in [4.69, 9.17) is 0 Å². The molecule has 1 aliphatic carbocycles. The van der Waals surface area contributed by atoms with Crippen LogP contribution in [0.4, 0.5) is 0 Å². The summed E-state index contributed by atoms with van der Waals surface area (Å²) in [5, 5.41) is 3.08. The Hall–Kier alpha value is -0.850. The quantitative estimate of drug-likeness (QED) is 0.768. The molecule has 1 aliphatic rings. The van der Waals surface area contributed by atoms with E-state index in [9.17, 15) is 8.42 Å². The van der Waals surface area contributed by atoms with Crippen molar-refractivity contribution in [1.29, 1.82) is 0 Å². The second-order valence-corrected chi connectivity index (χ2v) is 7.24. The number of aryl methyl sites for hydroxylation is 1. The van der Waals surface area contributed by atoms with Crippen LogP contribution in [0.2, 0.25) is 0 Å². The van der Waals surface area contributed by atoms with Crippen molar-refractivity contribution in [2.75, 3.05) is 7.05 Å². The molecular weight excluding hydrogens is 274 g/mol. The second kappa shape index (κ2) is 6.28. The maximum absolute atomic E-state index is 12.4. The molecular formula is C14H25N3O2S. The first-order valence-electron chi connectivity index (χ1n) is 7.37. The zero-order valence-electron chi connectivity index (χ0n) is 12.5. The molecule has 2 atom stereocenters. The van der Waals surface area contributed by atoms with Crippen molar-refractivity contribution in [3.05, 3.63) is 18.0 Å². The average molecular weight is 299 g/mol. The molecule has 0 radical (unpaired) electrons. The SMILES string of the molecule is CCCn1cc(S(=O)(=O)NC2CC2CC)cc1CNC. The molecule has 0 aromatic carbocycles. The van der Waals surface area contributed by atoms with E-state index in [1.807, 2.05) is 11.6 Å². The van der Waals surface area contributed by atoms with E-state index in [2.05, 4.69) is 23.9 Å². The monoisotopic (exact) mass is 299 g/mol. The lowest BCUT2D eigenvalue weighted by Crippen LogP contribution is -2.26. The highest BCUT2D eigenvalue weighted by molar-refractivity contribution is 7.89. The van der Waals surface area contributed by atoms with Crippen LogP contribution in [0.5, 0.6) is 0 Å². The van der Waals surface area contributed by atoms with E-state index in [-0.39, 0.29) is 6.04 Å².